The molecule has 5 aliphatic rings. The van der Waals surface area contributed by atoms with Gasteiger partial charge < -0.3 is 29.7 Å². The highest BCUT2D eigenvalue weighted by molar-refractivity contribution is 5.97. The Hall–Kier alpha value is -1.97. The van der Waals surface area contributed by atoms with Crippen molar-refractivity contribution in [2.24, 2.45) is 58.7 Å². The van der Waals surface area contributed by atoms with E-state index >= 15 is 0 Å². The largest absolute Gasteiger partial charge is 0.506 e. The molecule has 0 amide bonds. The average Bonchev–Trinajstić information content (AvgIpc) is 2.94. The van der Waals surface area contributed by atoms with E-state index in [-0.39, 0.29) is 47.5 Å². The van der Waals surface area contributed by atoms with Crippen LogP contribution in [0.2, 0.25) is 0 Å². The molecule has 9 heteroatoms. The van der Waals surface area contributed by atoms with Crippen LogP contribution < -0.4 is 5.32 Å². The van der Waals surface area contributed by atoms with Gasteiger partial charge in [0.25, 0.3) is 0 Å². The number of carbonyl (C=O) groups excluding carboxylic acids is 1. The lowest BCUT2D eigenvalue weighted by Gasteiger charge is -2.62. The Bertz CT molecular complexity index is 1100. The number of aliphatic carboxylic acids is 1. The first-order chi connectivity index (χ1) is 20.9. The highest BCUT2D eigenvalue weighted by Gasteiger charge is 2.64. The number of allylic oxidation sites excluding steroid dienone is 1. The van der Waals surface area contributed by atoms with Gasteiger partial charge in [-0.2, -0.15) is 0 Å². The number of carbonyl (C=O) groups is 3. The van der Waals surface area contributed by atoms with E-state index < -0.39 is 41.6 Å². The number of ether oxygens (including phenoxy) is 3. The second-order valence-electron chi connectivity index (χ2n) is 15.4. The maximum absolute atomic E-state index is 14.0. The molecule has 2 bridgehead atoms. The summed E-state index contributed by atoms with van der Waals surface area (Å²) in [5, 5.41) is 23.8. The third kappa shape index (κ3) is 6.22. The van der Waals surface area contributed by atoms with E-state index in [0.717, 1.165) is 44.1 Å². The molecule has 0 aromatic heterocycles. The number of fused-ring (bicyclic) bond motifs is 3. The van der Waals surface area contributed by atoms with Crippen LogP contribution in [-0.2, 0) is 23.8 Å². The number of rotatable bonds is 11. The van der Waals surface area contributed by atoms with Gasteiger partial charge in [-0.1, -0.05) is 53.5 Å². The second-order valence-corrected chi connectivity index (χ2v) is 15.4. The summed E-state index contributed by atoms with van der Waals surface area (Å²) in [6, 6.07) is 0.415. The van der Waals surface area contributed by atoms with Crippen LogP contribution in [0, 0.1) is 58.7 Å². The molecule has 1 aliphatic heterocycles. The topological polar surface area (TPSA) is 131 Å². The predicted octanol–water partition coefficient (Wildman–Crippen LogP) is 5.81. The van der Waals surface area contributed by atoms with Crippen LogP contribution in [0.15, 0.2) is 11.6 Å². The van der Waals surface area contributed by atoms with Gasteiger partial charge in [-0.3, -0.25) is 9.59 Å². The number of hydrogen-bond acceptors (Lipinski definition) is 7. The number of nitrogens with one attached hydrogen (secondary N) is 1. The van der Waals surface area contributed by atoms with Gasteiger partial charge in [0, 0.05) is 29.3 Å². The molecule has 0 aromatic carbocycles. The Morgan fingerprint density at radius 2 is 1.84 bits per heavy atom. The minimum Gasteiger partial charge on any atom is -0.481 e. The highest BCUT2D eigenvalue weighted by atomic mass is 16.7. The maximum atomic E-state index is 14.0. The SMILES string of the molecule is CCC(C)C(CO[C@@H]1C2COC[C@]3(C[C@H]1OC(=O)O)C1=CC(=O)C4C(CCC(CC(C)C)[C@H]4C(=O)O)C1CCC23)NC(C)C. The summed E-state index contributed by atoms with van der Waals surface area (Å²) < 4.78 is 18.6. The van der Waals surface area contributed by atoms with E-state index in [4.69, 9.17) is 14.2 Å². The number of ketones is 1. The zero-order valence-electron chi connectivity index (χ0n) is 27.5. The minimum atomic E-state index is -1.31. The lowest BCUT2D eigenvalue weighted by molar-refractivity contribution is -0.219. The van der Waals surface area contributed by atoms with Crippen molar-refractivity contribution in [3.8, 4) is 0 Å². The third-order valence-electron chi connectivity index (χ3n) is 12.0. The Morgan fingerprint density at radius 1 is 1.09 bits per heavy atom. The number of hydrogen-bond donors (Lipinski definition) is 3. The Kier molecular flexibility index (Phi) is 10.2. The summed E-state index contributed by atoms with van der Waals surface area (Å²) in [6.07, 6.45) is 5.11. The van der Waals surface area contributed by atoms with Crippen LogP contribution in [0.25, 0.3) is 0 Å². The van der Waals surface area contributed by atoms with Crippen molar-refractivity contribution in [3.05, 3.63) is 11.6 Å². The van der Waals surface area contributed by atoms with Crippen molar-refractivity contribution in [1.82, 2.24) is 5.32 Å². The van der Waals surface area contributed by atoms with E-state index in [1.807, 2.05) is 0 Å². The zero-order chi connectivity index (χ0) is 31.9. The summed E-state index contributed by atoms with van der Waals surface area (Å²) >= 11 is 0. The highest BCUT2D eigenvalue weighted by Crippen LogP contribution is 2.64. The van der Waals surface area contributed by atoms with Gasteiger partial charge in [-0.05, 0) is 80.1 Å². The van der Waals surface area contributed by atoms with E-state index in [1.165, 1.54) is 0 Å². The zero-order valence-corrected chi connectivity index (χ0v) is 27.5. The fourth-order valence-electron chi connectivity index (χ4n) is 10.2. The van der Waals surface area contributed by atoms with Gasteiger partial charge in [0.15, 0.2) is 5.78 Å². The van der Waals surface area contributed by atoms with E-state index in [0.29, 0.717) is 38.1 Å². The van der Waals surface area contributed by atoms with Crippen LogP contribution >= 0.6 is 0 Å². The third-order valence-corrected chi connectivity index (χ3v) is 12.0. The van der Waals surface area contributed by atoms with Crippen molar-refractivity contribution < 1.29 is 38.8 Å². The number of carboxylic acids is 1. The number of carboxylic acid groups (broad SMARTS) is 2. The smallest absolute Gasteiger partial charge is 0.481 e. The lowest BCUT2D eigenvalue weighted by atomic mass is 9.45. The predicted molar refractivity (Wildman–Crippen MR) is 165 cm³/mol. The average molecular weight is 618 g/mol. The fraction of sp³-hybridized carbons (Fsp3) is 0.857. The Balaban J connectivity index is 1.46. The fourth-order valence-corrected chi connectivity index (χ4v) is 10.2. The van der Waals surface area contributed by atoms with Gasteiger partial charge in [0.05, 0.1) is 31.8 Å². The van der Waals surface area contributed by atoms with Crippen molar-refractivity contribution in [2.75, 3.05) is 19.8 Å². The molecule has 248 valence electrons. The summed E-state index contributed by atoms with van der Waals surface area (Å²) in [5.41, 5.74) is 0.555. The van der Waals surface area contributed by atoms with E-state index in [2.05, 4.69) is 46.9 Å². The molecular weight excluding hydrogens is 562 g/mol. The normalized spacial score (nSPS) is 39.5. The van der Waals surface area contributed by atoms with Gasteiger partial charge in [0.1, 0.15) is 6.10 Å². The summed E-state index contributed by atoms with van der Waals surface area (Å²) in [7, 11) is 0. The first kappa shape index (κ1) is 33.4. The first-order valence-corrected chi connectivity index (χ1v) is 17.2. The first-order valence-electron chi connectivity index (χ1n) is 17.2. The van der Waals surface area contributed by atoms with E-state index in [1.54, 1.807) is 6.08 Å². The monoisotopic (exact) mass is 617 g/mol. The van der Waals surface area contributed by atoms with Crippen molar-refractivity contribution in [1.29, 1.82) is 0 Å². The van der Waals surface area contributed by atoms with Crippen LogP contribution in [-0.4, -0.2) is 72.2 Å². The summed E-state index contributed by atoms with van der Waals surface area (Å²) in [6.45, 7) is 14.2. The molecule has 44 heavy (non-hydrogen) atoms. The molecule has 1 saturated heterocycles. The molecule has 12 atom stereocenters. The van der Waals surface area contributed by atoms with Crippen molar-refractivity contribution >= 4 is 17.9 Å². The van der Waals surface area contributed by atoms with Crippen LogP contribution in [0.4, 0.5) is 4.79 Å². The molecule has 3 saturated carbocycles. The van der Waals surface area contributed by atoms with Crippen molar-refractivity contribution in [3.63, 3.8) is 0 Å². The molecule has 1 heterocycles. The maximum Gasteiger partial charge on any atom is 0.506 e. The molecule has 4 aliphatic carbocycles. The van der Waals surface area contributed by atoms with Crippen LogP contribution in [0.3, 0.4) is 0 Å². The molecule has 3 N–H and O–H groups in total. The molecule has 0 radical (unpaired) electrons. The summed E-state index contributed by atoms with van der Waals surface area (Å²) in [5.74, 6) is -1.07. The molecule has 0 aromatic rings. The molecule has 9 nitrogen and oxygen atoms in total. The van der Waals surface area contributed by atoms with Crippen LogP contribution in [0.5, 0.6) is 0 Å². The Labute approximate surface area is 262 Å². The molecule has 8 unspecified atom stereocenters. The lowest BCUT2D eigenvalue weighted by Crippen LogP contribution is -2.64. The van der Waals surface area contributed by atoms with Gasteiger partial charge >= 0.3 is 12.1 Å². The molecule has 0 spiro atoms. The molecular formula is C35H55NO8. The minimum absolute atomic E-state index is 0.00562. The van der Waals surface area contributed by atoms with Gasteiger partial charge in [-0.25, -0.2) is 4.79 Å². The van der Waals surface area contributed by atoms with Crippen LogP contribution in [0.1, 0.15) is 86.5 Å². The van der Waals surface area contributed by atoms with Gasteiger partial charge in [-0.15, -0.1) is 0 Å². The van der Waals surface area contributed by atoms with Crippen molar-refractivity contribution in [2.45, 2.75) is 111 Å². The Morgan fingerprint density at radius 3 is 2.48 bits per heavy atom. The standard InChI is InChI=1S/C35H55NO8/c1-7-20(6)27(36-19(4)5)16-43-32-24-15-42-17-35(14-29(32)44-34(40)41)25(24)11-10-22-23-9-8-21(12-18(2)3)30(33(38)39)31(23)28(37)13-26(22)35/h13,18-25,27,29-32,36H,7-12,14-17H2,1-6H3,(H,38,39)(H,40,41)/t20?,21?,22?,23?,24?,25?,27?,29-,30-,31?,32-,35+/m1/s1. The summed E-state index contributed by atoms with van der Waals surface area (Å²) in [4.78, 5) is 38.7. The van der Waals surface area contributed by atoms with E-state index in [9.17, 15) is 24.6 Å². The molecule has 5 rings (SSSR count). The second kappa shape index (κ2) is 13.4. The molecule has 4 fully saturated rings. The van der Waals surface area contributed by atoms with Gasteiger partial charge in [0.2, 0.25) is 0 Å². The quantitative estimate of drug-likeness (QED) is 0.246.